The summed E-state index contributed by atoms with van der Waals surface area (Å²) in [6.07, 6.45) is 2.06. The standard InChI is InChI=1S/C14H26N4O2/c1-13-14(11-16(2)15-13)12-18(5-8-19)4-3-17-6-9-20-10-7-17/h11,19H,3-10,12H2,1-2H3. The van der Waals surface area contributed by atoms with Crippen LogP contribution in [0.4, 0.5) is 0 Å². The fraction of sp³-hybridized carbons (Fsp3) is 0.786. The Morgan fingerprint density at radius 1 is 1.35 bits per heavy atom. The molecule has 0 aromatic carbocycles. The largest absolute Gasteiger partial charge is 0.395 e. The summed E-state index contributed by atoms with van der Waals surface area (Å²) in [5, 5.41) is 13.6. The zero-order valence-corrected chi connectivity index (χ0v) is 12.6. The van der Waals surface area contributed by atoms with Gasteiger partial charge >= 0.3 is 0 Å². The van der Waals surface area contributed by atoms with Gasteiger partial charge in [-0.15, -0.1) is 0 Å². The number of morpholine rings is 1. The van der Waals surface area contributed by atoms with Gasteiger partial charge in [0.1, 0.15) is 0 Å². The van der Waals surface area contributed by atoms with Crippen molar-refractivity contribution in [1.29, 1.82) is 0 Å². The van der Waals surface area contributed by atoms with E-state index in [0.29, 0.717) is 6.54 Å². The average molecular weight is 282 g/mol. The Morgan fingerprint density at radius 3 is 2.70 bits per heavy atom. The van der Waals surface area contributed by atoms with Crippen LogP contribution in [0.2, 0.25) is 0 Å². The van der Waals surface area contributed by atoms with Crippen LogP contribution in [-0.2, 0) is 18.3 Å². The number of aliphatic hydroxyl groups is 1. The van der Waals surface area contributed by atoms with Gasteiger partial charge in [-0.2, -0.15) is 5.10 Å². The fourth-order valence-corrected chi connectivity index (χ4v) is 2.56. The van der Waals surface area contributed by atoms with Crippen LogP contribution in [0.15, 0.2) is 6.20 Å². The molecule has 0 bridgehead atoms. The van der Waals surface area contributed by atoms with Crippen LogP contribution >= 0.6 is 0 Å². The highest BCUT2D eigenvalue weighted by atomic mass is 16.5. The monoisotopic (exact) mass is 282 g/mol. The Hall–Kier alpha value is -0.950. The molecule has 1 aliphatic rings. The van der Waals surface area contributed by atoms with Crippen LogP contribution in [-0.4, -0.2) is 77.2 Å². The Morgan fingerprint density at radius 2 is 2.10 bits per heavy atom. The number of aryl methyl sites for hydroxylation is 2. The summed E-state index contributed by atoms with van der Waals surface area (Å²) in [4.78, 5) is 4.71. The van der Waals surface area contributed by atoms with E-state index < -0.39 is 0 Å². The molecule has 1 aliphatic heterocycles. The zero-order chi connectivity index (χ0) is 14.4. The van der Waals surface area contributed by atoms with Crippen molar-refractivity contribution >= 4 is 0 Å². The molecule has 0 aliphatic carbocycles. The zero-order valence-electron chi connectivity index (χ0n) is 12.6. The molecular weight excluding hydrogens is 256 g/mol. The molecule has 20 heavy (non-hydrogen) atoms. The Kier molecular flexibility index (Phi) is 5.97. The molecule has 2 heterocycles. The summed E-state index contributed by atoms with van der Waals surface area (Å²) in [6, 6.07) is 0. The average Bonchev–Trinajstić information content (AvgIpc) is 2.76. The van der Waals surface area contributed by atoms with Crippen LogP contribution in [0.25, 0.3) is 0 Å². The van der Waals surface area contributed by atoms with Crippen molar-refractivity contribution in [2.24, 2.45) is 7.05 Å². The van der Waals surface area contributed by atoms with Crippen molar-refractivity contribution in [3.05, 3.63) is 17.5 Å². The SMILES string of the molecule is Cc1nn(C)cc1CN(CCO)CCN1CCOCC1. The molecule has 6 nitrogen and oxygen atoms in total. The minimum Gasteiger partial charge on any atom is -0.395 e. The molecule has 1 aromatic heterocycles. The summed E-state index contributed by atoms with van der Waals surface area (Å²) in [5.74, 6) is 0. The minimum atomic E-state index is 0.197. The van der Waals surface area contributed by atoms with E-state index in [4.69, 9.17) is 4.74 Å². The minimum absolute atomic E-state index is 0.197. The van der Waals surface area contributed by atoms with E-state index in [2.05, 4.69) is 21.1 Å². The van der Waals surface area contributed by atoms with Gasteiger partial charge in [0.2, 0.25) is 0 Å². The van der Waals surface area contributed by atoms with Gasteiger partial charge in [0.15, 0.2) is 0 Å². The van der Waals surface area contributed by atoms with E-state index in [1.54, 1.807) is 0 Å². The second kappa shape index (κ2) is 7.73. The highest BCUT2D eigenvalue weighted by Gasteiger charge is 2.14. The molecule has 0 atom stereocenters. The second-order valence-corrected chi connectivity index (χ2v) is 5.37. The number of hydrogen-bond donors (Lipinski definition) is 1. The number of rotatable bonds is 7. The van der Waals surface area contributed by atoms with Crippen molar-refractivity contribution in [3.8, 4) is 0 Å². The summed E-state index contributed by atoms with van der Waals surface area (Å²) in [5.41, 5.74) is 2.31. The maximum Gasteiger partial charge on any atom is 0.0638 e. The maximum atomic E-state index is 9.23. The van der Waals surface area contributed by atoms with Gasteiger partial charge in [0, 0.05) is 58.1 Å². The Bertz CT molecular complexity index is 402. The summed E-state index contributed by atoms with van der Waals surface area (Å²) in [6.45, 7) is 9.48. The van der Waals surface area contributed by atoms with Crippen LogP contribution in [0.3, 0.4) is 0 Å². The molecule has 0 saturated carbocycles. The lowest BCUT2D eigenvalue weighted by Crippen LogP contribution is -2.41. The van der Waals surface area contributed by atoms with E-state index in [1.165, 1.54) is 5.56 Å². The predicted octanol–water partition coefficient (Wildman–Crippen LogP) is -0.145. The highest BCUT2D eigenvalue weighted by Crippen LogP contribution is 2.09. The van der Waals surface area contributed by atoms with Gasteiger partial charge in [0.25, 0.3) is 0 Å². The molecule has 0 radical (unpaired) electrons. The highest BCUT2D eigenvalue weighted by molar-refractivity contribution is 5.14. The molecule has 0 unspecified atom stereocenters. The molecule has 1 N–H and O–H groups in total. The van der Waals surface area contributed by atoms with E-state index >= 15 is 0 Å². The van der Waals surface area contributed by atoms with Gasteiger partial charge in [0.05, 0.1) is 25.5 Å². The van der Waals surface area contributed by atoms with Gasteiger partial charge in [-0.25, -0.2) is 0 Å². The predicted molar refractivity (Wildman–Crippen MR) is 77.6 cm³/mol. The van der Waals surface area contributed by atoms with Gasteiger partial charge in [-0.3, -0.25) is 14.5 Å². The third kappa shape index (κ3) is 4.56. The van der Waals surface area contributed by atoms with E-state index in [9.17, 15) is 5.11 Å². The van der Waals surface area contributed by atoms with Crippen molar-refractivity contribution in [1.82, 2.24) is 19.6 Å². The van der Waals surface area contributed by atoms with Crippen LogP contribution in [0.5, 0.6) is 0 Å². The number of nitrogens with zero attached hydrogens (tertiary/aromatic N) is 4. The first-order valence-electron chi connectivity index (χ1n) is 7.31. The van der Waals surface area contributed by atoms with Crippen LogP contribution in [0.1, 0.15) is 11.3 Å². The van der Waals surface area contributed by atoms with Crippen molar-refractivity contribution in [3.63, 3.8) is 0 Å². The smallest absolute Gasteiger partial charge is 0.0638 e. The summed E-state index contributed by atoms with van der Waals surface area (Å²) < 4.78 is 7.21. The lowest BCUT2D eigenvalue weighted by molar-refractivity contribution is 0.0320. The van der Waals surface area contributed by atoms with Gasteiger partial charge in [-0.05, 0) is 6.92 Å². The topological polar surface area (TPSA) is 53.8 Å². The first-order valence-corrected chi connectivity index (χ1v) is 7.31. The third-order valence-corrected chi connectivity index (χ3v) is 3.76. The molecule has 1 fully saturated rings. The molecule has 1 aromatic rings. The Balaban J connectivity index is 1.84. The normalized spacial score (nSPS) is 17.0. The summed E-state index contributed by atoms with van der Waals surface area (Å²) in [7, 11) is 1.95. The third-order valence-electron chi connectivity index (χ3n) is 3.76. The van der Waals surface area contributed by atoms with Crippen LogP contribution in [0, 0.1) is 6.92 Å². The quantitative estimate of drug-likeness (QED) is 0.754. The van der Waals surface area contributed by atoms with Crippen molar-refractivity contribution in [2.75, 3.05) is 52.5 Å². The van der Waals surface area contributed by atoms with Gasteiger partial charge in [-0.1, -0.05) is 0 Å². The second-order valence-electron chi connectivity index (χ2n) is 5.37. The number of aliphatic hydroxyl groups excluding tert-OH is 1. The van der Waals surface area contributed by atoms with Crippen molar-refractivity contribution in [2.45, 2.75) is 13.5 Å². The lowest BCUT2D eigenvalue weighted by Gasteiger charge is -2.29. The summed E-state index contributed by atoms with van der Waals surface area (Å²) >= 11 is 0. The van der Waals surface area contributed by atoms with E-state index in [1.807, 2.05) is 18.7 Å². The number of hydrogen-bond acceptors (Lipinski definition) is 5. The first-order chi connectivity index (χ1) is 9.69. The number of aromatic nitrogens is 2. The van der Waals surface area contributed by atoms with Crippen molar-refractivity contribution < 1.29 is 9.84 Å². The maximum absolute atomic E-state index is 9.23. The molecule has 1 saturated heterocycles. The van der Waals surface area contributed by atoms with Crippen LogP contribution < -0.4 is 0 Å². The van der Waals surface area contributed by atoms with E-state index in [0.717, 1.165) is 51.6 Å². The molecule has 2 rings (SSSR count). The van der Waals surface area contributed by atoms with E-state index in [-0.39, 0.29) is 6.61 Å². The molecule has 0 spiro atoms. The number of ether oxygens (including phenoxy) is 1. The molecule has 0 amide bonds. The molecular formula is C14H26N4O2. The first kappa shape index (κ1) is 15.4. The van der Waals surface area contributed by atoms with Gasteiger partial charge < -0.3 is 9.84 Å². The fourth-order valence-electron chi connectivity index (χ4n) is 2.56. The molecule has 6 heteroatoms. The Labute approximate surface area is 120 Å². The molecule has 114 valence electrons. The lowest BCUT2D eigenvalue weighted by atomic mass is 10.2.